The van der Waals surface area contributed by atoms with Gasteiger partial charge in [-0.2, -0.15) is 0 Å². The van der Waals surface area contributed by atoms with Crippen molar-refractivity contribution in [1.82, 2.24) is 4.98 Å². The molecule has 0 saturated carbocycles. The molecular formula is C10H16N2O2S2. The van der Waals surface area contributed by atoms with E-state index in [1.54, 1.807) is 0 Å². The lowest BCUT2D eigenvalue weighted by Crippen LogP contribution is -2.12. The Kier molecular flexibility index (Phi) is 3.21. The summed E-state index contributed by atoms with van der Waals surface area (Å²) in [6, 6.07) is 0. The Morgan fingerprint density at radius 1 is 1.56 bits per heavy atom. The maximum absolute atomic E-state index is 11.1. The van der Waals surface area contributed by atoms with Crippen LogP contribution >= 0.6 is 11.3 Å². The summed E-state index contributed by atoms with van der Waals surface area (Å²) in [5.74, 6) is 0.735. The number of nitrogens with one attached hydrogen (secondary N) is 1. The summed E-state index contributed by atoms with van der Waals surface area (Å²) in [5.41, 5.74) is 1.08. The van der Waals surface area contributed by atoms with Crippen LogP contribution in [0.1, 0.15) is 30.3 Å². The molecule has 0 unspecified atom stereocenters. The van der Waals surface area contributed by atoms with Crippen LogP contribution in [0.15, 0.2) is 0 Å². The molecule has 0 saturated heterocycles. The molecule has 2 rings (SSSR count). The third-order valence-electron chi connectivity index (χ3n) is 2.89. The Bertz CT molecular complexity index is 479. The highest BCUT2D eigenvalue weighted by molar-refractivity contribution is 7.92. The SMILES string of the molecule is CC[C@H]1CCc2nc(NS(C)(=O)=O)sc2C1. The fraction of sp³-hybridized carbons (Fsp3) is 0.700. The first-order chi connectivity index (χ1) is 7.48. The molecule has 0 bridgehead atoms. The zero-order valence-electron chi connectivity index (χ0n) is 9.49. The number of fused-ring (bicyclic) bond motifs is 1. The molecule has 1 aromatic heterocycles. The topological polar surface area (TPSA) is 59.1 Å². The van der Waals surface area contributed by atoms with Crippen LogP contribution in [0.25, 0.3) is 0 Å². The summed E-state index contributed by atoms with van der Waals surface area (Å²) in [4.78, 5) is 5.59. The van der Waals surface area contributed by atoms with E-state index in [4.69, 9.17) is 0 Å². The zero-order valence-corrected chi connectivity index (χ0v) is 11.1. The smallest absolute Gasteiger partial charge is 0.231 e. The Morgan fingerprint density at radius 2 is 2.31 bits per heavy atom. The van der Waals surface area contributed by atoms with Crippen LogP contribution in [-0.4, -0.2) is 19.7 Å². The van der Waals surface area contributed by atoms with Crippen molar-refractivity contribution in [1.29, 1.82) is 0 Å². The summed E-state index contributed by atoms with van der Waals surface area (Å²) in [6.07, 6.45) is 5.55. The Hall–Kier alpha value is -0.620. The van der Waals surface area contributed by atoms with Crippen LogP contribution in [0.3, 0.4) is 0 Å². The molecule has 0 fully saturated rings. The van der Waals surface area contributed by atoms with Crippen molar-refractivity contribution in [3.05, 3.63) is 10.6 Å². The lowest BCUT2D eigenvalue weighted by molar-refractivity contribution is 0.446. The van der Waals surface area contributed by atoms with E-state index in [1.807, 2.05) is 0 Å². The van der Waals surface area contributed by atoms with E-state index in [2.05, 4.69) is 16.6 Å². The average Bonchev–Trinajstić information content (AvgIpc) is 2.55. The van der Waals surface area contributed by atoms with Gasteiger partial charge in [0.25, 0.3) is 0 Å². The second-order valence-corrected chi connectivity index (χ2v) is 7.11. The molecular weight excluding hydrogens is 244 g/mol. The molecule has 1 aliphatic carbocycles. The lowest BCUT2D eigenvalue weighted by atomic mass is 9.89. The van der Waals surface area contributed by atoms with E-state index in [9.17, 15) is 8.42 Å². The van der Waals surface area contributed by atoms with Crippen LogP contribution in [0.4, 0.5) is 5.13 Å². The van der Waals surface area contributed by atoms with Crippen LogP contribution < -0.4 is 4.72 Å². The van der Waals surface area contributed by atoms with Gasteiger partial charge in [0, 0.05) is 4.88 Å². The summed E-state index contributed by atoms with van der Waals surface area (Å²) in [6.45, 7) is 2.20. The highest BCUT2D eigenvalue weighted by atomic mass is 32.2. The van der Waals surface area contributed by atoms with Crippen molar-refractivity contribution in [2.75, 3.05) is 11.0 Å². The predicted octanol–water partition coefficient (Wildman–Crippen LogP) is 2.03. The molecule has 0 aliphatic heterocycles. The van der Waals surface area contributed by atoms with Crippen molar-refractivity contribution in [2.24, 2.45) is 5.92 Å². The molecule has 0 radical (unpaired) electrons. The van der Waals surface area contributed by atoms with Crippen molar-refractivity contribution in [3.63, 3.8) is 0 Å². The molecule has 1 atom stereocenters. The maximum atomic E-state index is 11.1. The van der Waals surface area contributed by atoms with Gasteiger partial charge in [0.1, 0.15) is 0 Å². The first-order valence-electron chi connectivity index (χ1n) is 5.44. The number of anilines is 1. The fourth-order valence-electron chi connectivity index (χ4n) is 1.99. The number of rotatable bonds is 3. The number of thiazole rings is 1. The van der Waals surface area contributed by atoms with Crippen molar-refractivity contribution in [3.8, 4) is 0 Å². The van der Waals surface area contributed by atoms with Crippen LogP contribution in [-0.2, 0) is 22.9 Å². The summed E-state index contributed by atoms with van der Waals surface area (Å²) in [5, 5.41) is 0.518. The minimum absolute atomic E-state index is 0.518. The molecule has 1 aliphatic rings. The summed E-state index contributed by atoms with van der Waals surface area (Å²) in [7, 11) is -3.20. The first-order valence-corrected chi connectivity index (χ1v) is 8.15. The quantitative estimate of drug-likeness (QED) is 0.904. The number of aryl methyl sites for hydroxylation is 1. The highest BCUT2D eigenvalue weighted by Crippen LogP contribution is 2.33. The number of nitrogens with zero attached hydrogens (tertiary/aromatic N) is 1. The third kappa shape index (κ3) is 2.74. The third-order valence-corrected chi connectivity index (χ3v) is 4.62. The second kappa shape index (κ2) is 4.33. The number of hydrogen-bond donors (Lipinski definition) is 1. The second-order valence-electron chi connectivity index (χ2n) is 4.28. The van der Waals surface area contributed by atoms with Gasteiger partial charge in [0.05, 0.1) is 11.9 Å². The minimum atomic E-state index is -3.20. The van der Waals surface area contributed by atoms with Crippen LogP contribution in [0, 0.1) is 5.92 Å². The standard InChI is InChI=1S/C10H16N2O2S2/c1-3-7-4-5-8-9(6-7)15-10(11-8)12-16(2,13)14/h7H,3-6H2,1-2H3,(H,11,12)/t7-/m0/s1. The van der Waals surface area contributed by atoms with Gasteiger partial charge in [0.15, 0.2) is 5.13 Å². The van der Waals surface area contributed by atoms with Crippen molar-refractivity contribution < 1.29 is 8.42 Å². The Labute approximate surface area is 100 Å². The molecule has 6 heteroatoms. The van der Waals surface area contributed by atoms with E-state index >= 15 is 0 Å². The number of sulfonamides is 1. The van der Waals surface area contributed by atoms with Gasteiger partial charge in [-0.25, -0.2) is 13.4 Å². The van der Waals surface area contributed by atoms with E-state index < -0.39 is 10.0 Å². The highest BCUT2D eigenvalue weighted by Gasteiger charge is 2.22. The number of aromatic nitrogens is 1. The van der Waals surface area contributed by atoms with Crippen molar-refractivity contribution in [2.45, 2.75) is 32.6 Å². The van der Waals surface area contributed by atoms with E-state index in [-0.39, 0.29) is 0 Å². The number of hydrogen-bond acceptors (Lipinski definition) is 4. The van der Waals surface area contributed by atoms with Gasteiger partial charge in [0.2, 0.25) is 10.0 Å². The van der Waals surface area contributed by atoms with Gasteiger partial charge in [-0.05, 0) is 25.2 Å². The monoisotopic (exact) mass is 260 g/mol. The molecule has 90 valence electrons. The zero-order chi connectivity index (χ0) is 11.8. The van der Waals surface area contributed by atoms with E-state index in [0.29, 0.717) is 5.13 Å². The average molecular weight is 260 g/mol. The Balaban J connectivity index is 2.18. The molecule has 1 N–H and O–H groups in total. The van der Waals surface area contributed by atoms with Gasteiger partial charge >= 0.3 is 0 Å². The van der Waals surface area contributed by atoms with Crippen molar-refractivity contribution >= 4 is 26.5 Å². The molecule has 0 aromatic carbocycles. The molecule has 1 aromatic rings. The van der Waals surface area contributed by atoms with Gasteiger partial charge in [-0.15, -0.1) is 11.3 Å². The minimum Gasteiger partial charge on any atom is -0.259 e. The fourth-order valence-corrected chi connectivity index (χ4v) is 3.95. The first kappa shape index (κ1) is 11.9. The molecule has 0 amide bonds. The maximum Gasteiger partial charge on any atom is 0.231 e. The predicted molar refractivity (Wildman–Crippen MR) is 66.4 cm³/mol. The molecule has 16 heavy (non-hydrogen) atoms. The van der Waals surface area contributed by atoms with Gasteiger partial charge in [-0.3, -0.25) is 4.72 Å². The van der Waals surface area contributed by atoms with Crippen LogP contribution in [0.5, 0.6) is 0 Å². The largest absolute Gasteiger partial charge is 0.259 e. The molecule has 4 nitrogen and oxygen atoms in total. The van der Waals surface area contributed by atoms with E-state index in [0.717, 1.165) is 30.7 Å². The summed E-state index contributed by atoms with van der Waals surface area (Å²) >= 11 is 1.48. The van der Waals surface area contributed by atoms with E-state index in [1.165, 1.54) is 29.1 Å². The van der Waals surface area contributed by atoms with Gasteiger partial charge in [-0.1, -0.05) is 13.3 Å². The lowest BCUT2D eigenvalue weighted by Gasteiger charge is -2.18. The van der Waals surface area contributed by atoms with Crippen LogP contribution in [0.2, 0.25) is 0 Å². The molecule has 0 spiro atoms. The molecule has 1 heterocycles. The van der Waals surface area contributed by atoms with Gasteiger partial charge < -0.3 is 0 Å². The summed E-state index contributed by atoms with van der Waals surface area (Å²) < 4.78 is 24.6. The Morgan fingerprint density at radius 3 is 2.94 bits per heavy atom. The normalized spacial score (nSPS) is 20.5.